The van der Waals surface area contributed by atoms with Crippen molar-refractivity contribution in [1.82, 2.24) is 4.90 Å². The van der Waals surface area contributed by atoms with Gasteiger partial charge in [-0.15, -0.1) is 0 Å². The molecule has 0 radical (unpaired) electrons. The Hall–Kier alpha value is -2.59. The normalized spacial score (nSPS) is 20.1. The minimum absolute atomic E-state index is 0.234. The Bertz CT molecular complexity index is 1010. The van der Waals surface area contributed by atoms with Gasteiger partial charge in [0, 0.05) is 18.1 Å². The number of anilines is 1. The van der Waals surface area contributed by atoms with Gasteiger partial charge >= 0.3 is 0 Å². The van der Waals surface area contributed by atoms with Crippen molar-refractivity contribution in [2.24, 2.45) is 5.92 Å². The van der Waals surface area contributed by atoms with Crippen LogP contribution in [0, 0.1) is 19.8 Å². The van der Waals surface area contributed by atoms with Crippen molar-refractivity contribution in [2.75, 3.05) is 18.0 Å². The van der Waals surface area contributed by atoms with Gasteiger partial charge in [-0.3, -0.25) is 9.59 Å². The zero-order valence-electron chi connectivity index (χ0n) is 17.0. The van der Waals surface area contributed by atoms with Gasteiger partial charge < -0.3 is 4.90 Å². The van der Waals surface area contributed by atoms with Gasteiger partial charge in [0.05, 0.1) is 11.3 Å². The van der Waals surface area contributed by atoms with E-state index >= 15 is 0 Å². The first-order valence-corrected chi connectivity index (χ1v) is 10.5. The Balaban J connectivity index is 1.85. The highest BCUT2D eigenvalue weighted by Gasteiger charge is 2.43. The van der Waals surface area contributed by atoms with E-state index in [9.17, 15) is 9.59 Å². The molecule has 1 saturated heterocycles. The topological polar surface area (TPSA) is 40.6 Å². The van der Waals surface area contributed by atoms with E-state index in [2.05, 4.69) is 11.8 Å². The third-order valence-electron chi connectivity index (χ3n) is 5.98. The summed E-state index contributed by atoms with van der Waals surface area (Å²) in [5, 5.41) is 0.602. The molecule has 1 atom stereocenters. The lowest BCUT2D eigenvalue weighted by atomic mass is 9.98. The number of carbonyl (C=O) groups is 2. The second-order valence-corrected chi connectivity index (χ2v) is 8.53. The third kappa shape index (κ3) is 3.46. The highest BCUT2D eigenvalue weighted by Crippen LogP contribution is 2.38. The van der Waals surface area contributed by atoms with Gasteiger partial charge in [0.25, 0.3) is 11.8 Å². The fraction of sp³-hybridized carbons (Fsp3) is 0.333. The molecular formula is C24H25ClN2O2. The number of piperidine rings is 1. The van der Waals surface area contributed by atoms with Gasteiger partial charge in [0.2, 0.25) is 0 Å². The van der Waals surface area contributed by atoms with Crippen molar-refractivity contribution in [2.45, 2.75) is 33.6 Å². The number of halogens is 1. The fourth-order valence-corrected chi connectivity index (χ4v) is 4.40. The lowest BCUT2D eigenvalue weighted by Crippen LogP contribution is -2.39. The molecule has 2 amide bonds. The van der Waals surface area contributed by atoms with E-state index in [1.165, 1.54) is 4.90 Å². The van der Waals surface area contributed by atoms with E-state index in [0.29, 0.717) is 27.9 Å². The third-order valence-corrected chi connectivity index (χ3v) is 6.23. The van der Waals surface area contributed by atoms with Crippen LogP contribution < -0.4 is 4.90 Å². The molecule has 29 heavy (non-hydrogen) atoms. The van der Waals surface area contributed by atoms with Crippen LogP contribution in [0.15, 0.2) is 48.2 Å². The van der Waals surface area contributed by atoms with Gasteiger partial charge in [-0.1, -0.05) is 42.8 Å². The van der Waals surface area contributed by atoms with E-state index < -0.39 is 0 Å². The Labute approximate surface area is 176 Å². The molecule has 1 fully saturated rings. The minimum Gasteiger partial charge on any atom is -0.366 e. The largest absolute Gasteiger partial charge is 0.366 e. The highest BCUT2D eigenvalue weighted by atomic mass is 35.5. The first-order chi connectivity index (χ1) is 13.9. The van der Waals surface area contributed by atoms with Crippen LogP contribution in [-0.2, 0) is 9.59 Å². The van der Waals surface area contributed by atoms with Crippen LogP contribution in [0.4, 0.5) is 5.69 Å². The van der Waals surface area contributed by atoms with Crippen molar-refractivity contribution in [1.29, 1.82) is 0 Å². The predicted molar refractivity (Wildman–Crippen MR) is 117 cm³/mol. The van der Waals surface area contributed by atoms with Gasteiger partial charge in [-0.2, -0.15) is 0 Å². The second kappa shape index (κ2) is 7.68. The molecule has 0 N–H and O–H groups in total. The number of hydrogen-bond donors (Lipinski definition) is 0. The Kier molecular flexibility index (Phi) is 5.22. The molecule has 4 rings (SSSR count). The summed E-state index contributed by atoms with van der Waals surface area (Å²) in [7, 11) is 0. The average Bonchev–Trinajstić information content (AvgIpc) is 2.95. The van der Waals surface area contributed by atoms with Crippen LogP contribution in [0.25, 0.3) is 5.57 Å². The number of nitrogens with zero attached hydrogens (tertiary/aromatic N) is 2. The lowest BCUT2D eigenvalue weighted by molar-refractivity contribution is -0.120. The molecule has 0 aromatic heterocycles. The van der Waals surface area contributed by atoms with Gasteiger partial charge in [-0.05, 0) is 67.5 Å². The molecule has 2 aliphatic rings. The van der Waals surface area contributed by atoms with Crippen LogP contribution in [0.2, 0.25) is 5.02 Å². The molecule has 0 spiro atoms. The van der Waals surface area contributed by atoms with Gasteiger partial charge in [-0.25, -0.2) is 4.90 Å². The Morgan fingerprint density at radius 3 is 2.41 bits per heavy atom. The monoisotopic (exact) mass is 408 g/mol. The maximum atomic E-state index is 13.6. The molecule has 0 aliphatic carbocycles. The summed E-state index contributed by atoms with van der Waals surface area (Å²) >= 11 is 6.06. The van der Waals surface area contributed by atoms with Crippen LogP contribution in [0.1, 0.15) is 36.5 Å². The van der Waals surface area contributed by atoms with Crippen molar-refractivity contribution >= 4 is 34.7 Å². The summed E-state index contributed by atoms with van der Waals surface area (Å²) < 4.78 is 0. The standard InChI is InChI=1S/C24H25ClN2O2/c1-15-6-5-13-26(14-15)22-21(18-9-11-19(25)12-10-18)23(28)27(24(22)29)20-8-4-7-16(2)17(20)3/h4,7-12,15H,5-6,13-14H2,1-3H3. The zero-order chi connectivity index (χ0) is 20.7. The molecule has 1 unspecified atom stereocenters. The van der Waals surface area contributed by atoms with E-state index in [0.717, 1.165) is 42.6 Å². The number of carbonyl (C=O) groups excluding carboxylic acids is 2. The van der Waals surface area contributed by atoms with Crippen molar-refractivity contribution < 1.29 is 9.59 Å². The number of benzene rings is 2. The number of rotatable bonds is 3. The summed E-state index contributed by atoms with van der Waals surface area (Å²) in [4.78, 5) is 30.7. The summed E-state index contributed by atoms with van der Waals surface area (Å²) in [5.41, 5.74) is 4.38. The zero-order valence-corrected chi connectivity index (χ0v) is 17.8. The number of likely N-dealkylation sites (tertiary alicyclic amines) is 1. The second-order valence-electron chi connectivity index (χ2n) is 8.09. The SMILES string of the molecule is Cc1cccc(N2C(=O)C(c3ccc(Cl)cc3)=C(N3CCCC(C)C3)C2=O)c1C. The van der Waals surface area contributed by atoms with Crippen LogP contribution >= 0.6 is 11.6 Å². The number of aryl methyl sites for hydroxylation is 1. The molecule has 2 aromatic carbocycles. The minimum atomic E-state index is -0.265. The molecule has 2 heterocycles. The van der Waals surface area contributed by atoms with E-state index in [1.807, 2.05) is 44.2 Å². The summed E-state index contributed by atoms with van der Waals surface area (Å²) in [5.74, 6) is -0.0117. The van der Waals surface area contributed by atoms with E-state index in [1.54, 1.807) is 12.1 Å². The Morgan fingerprint density at radius 1 is 1.00 bits per heavy atom. The first kappa shape index (κ1) is 19.7. The van der Waals surface area contributed by atoms with Crippen LogP contribution in [-0.4, -0.2) is 29.8 Å². The summed E-state index contributed by atoms with van der Waals surface area (Å²) in [6.07, 6.45) is 2.16. The maximum Gasteiger partial charge on any atom is 0.282 e. The molecule has 4 nitrogen and oxygen atoms in total. The smallest absolute Gasteiger partial charge is 0.282 e. The molecule has 2 aliphatic heterocycles. The number of imide groups is 1. The van der Waals surface area contributed by atoms with Crippen LogP contribution in [0.5, 0.6) is 0 Å². The highest BCUT2D eigenvalue weighted by molar-refractivity contribution is 6.45. The average molecular weight is 409 g/mol. The number of amides is 2. The van der Waals surface area contributed by atoms with Crippen LogP contribution in [0.3, 0.4) is 0 Å². The molecule has 5 heteroatoms. The summed E-state index contributed by atoms with van der Waals surface area (Å²) in [6.45, 7) is 7.71. The van der Waals surface area contributed by atoms with Gasteiger partial charge in [0.1, 0.15) is 5.70 Å². The maximum absolute atomic E-state index is 13.6. The fourth-order valence-electron chi connectivity index (χ4n) is 4.28. The molecular weight excluding hydrogens is 384 g/mol. The van der Waals surface area contributed by atoms with Crippen molar-refractivity contribution in [3.05, 3.63) is 69.9 Å². The number of hydrogen-bond acceptors (Lipinski definition) is 3. The predicted octanol–water partition coefficient (Wildman–Crippen LogP) is 4.97. The van der Waals surface area contributed by atoms with Crippen molar-refractivity contribution in [3.63, 3.8) is 0 Å². The van der Waals surface area contributed by atoms with Crippen molar-refractivity contribution in [3.8, 4) is 0 Å². The summed E-state index contributed by atoms with van der Waals surface area (Å²) in [6, 6.07) is 12.9. The van der Waals surface area contributed by atoms with Gasteiger partial charge in [0.15, 0.2) is 0 Å². The molecule has 0 bridgehead atoms. The van der Waals surface area contributed by atoms with E-state index in [-0.39, 0.29) is 11.8 Å². The first-order valence-electron chi connectivity index (χ1n) is 10.1. The quantitative estimate of drug-likeness (QED) is 0.673. The molecule has 0 saturated carbocycles. The molecule has 150 valence electrons. The lowest BCUT2D eigenvalue weighted by Gasteiger charge is -2.33. The Morgan fingerprint density at radius 2 is 1.72 bits per heavy atom. The molecule has 2 aromatic rings. The van der Waals surface area contributed by atoms with E-state index in [4.69, 9.17) is 11.6 Å².